The van der Waals surface area contributed by atoms with Crippen molar-refractivity contribution in [1.82, 2.24) is 10.3 Å². The van der Waals surface area contributed by atoms with Crippen molar-refractivity contribution >= 4 is 17.5 Å². The second-order valence-corrected chi connectivity index (χ2v) is 5.22. The Labute approximate surface area is 116 Å². The highest BCUT2D eigenvalue weighted by molar-refractivity contribution is 6.33. The molecule has 1 aliphatic rings. The first-order valence-corrected chi connectivity index (χ1v) is 6.57. The van der Waals surface area contributed by atoms with E-state index in [1.165, 1.54) is 6.20 Å². The number of nitrogens with zero attached hydrogens (tertiary/aromatic N) is 1. The first kappa shape index (κ1) is 14.2. The number of nitrogens with one attached hydrogen (secondary N) is 1. The van der Waals surface area contributed by atoms with Crippen LogP contribution in [-0.2, 0) is 4.74 Å². The molecule has 0 saturated carbocycles. The van der Waals surface area contributed by atoms with Gasteiger partial charge >= 0.3 is 0 Å². The number of aliphatic hydroxyl groups is 1. The fraction of sp³-hybridized carbons (Fsp3) is 0.538. The SMILES string of the molecule is Cc1cc(Cl)c(C(=O)NC2(CO)CCOCC2)cn1. The first-order chi connectivity index (χ1) is 9.06. The second-order valence-electron chi connectivity index (χ2n) is 4.81. The lowest BCUT2D eigenvalue weighted by molar-refractivity contribution is 0.0125. The number of aromatic nitrogens is 1. The van der Waals surface area contributed by atoms with E-state index in [1.54, 1.807) is 13.0 Å². The highest BCUT2D eigenvalue weighted by Crippen LogP contribution is 2.22. The van der Waals surface area contributed by atoms with E-state index in [4.69, 9.17) is 16.3 Å². The van der Waals surface area contributed by atoms with Gasteiger partial charge in [-0.15, -0.1) is 0 Å². The minimum absolute atomic E-state index is 0.112. The van der Waals surface area contributed by atoms with E-state index in [2.05, 4.69) is 10.3 Å². The lowest BCUT2D eigenvalue weighted by Gasteiger charge is -2.36. The maximum atomic E-state index is 12.2. The van der Waals surface area contributed by atoms with Crippen molar-refractivity contribution in [2.75, 3.05) is 19.8 Å². The quantitative estimate of drug-likeness (QED) is 0.878. The molecule has 0 unspecified atom stereocenters. The topological polar surface area (TPSA) is 71.5 Å². The van der Waals surface area contributed by atoms with E-state index >= 15 is 0 Å². The molecule has 2 heterocycles. The van der Waals surface area contributed by atoms with Crippen LogP contribution in [0.2, 0.25) is 5.02 Å². The number of aliphatic hydroxyl groups excluding tert-OH is 1. The van der Waals surface area contributed by atoms with Gasteiger partial charge in [-0.3, -0.25) is 9.78 Å². The molecule has 0 bridgehead atoms. The van der Waals surface area contributed by atoms with Crippen LogP contribution in [0.4, 0.5) is 0 Å². The van der Waals surface area contributed by atoms with Crippen LogP contribution in [0.1, 0.15) is 28.9 Å². The Balaban J connectivity index is 2.15. The number of carbonyl (C=O) groups excluding carboxylic acids is 1. The van der Waals surface area contributed by atoms with E-state index in [9.17, 15) is 9.90 Å². The number of carbonyl (C=O) groups is 1. The van der Waals surface area contributed by atoms with Crippen LogP contribution in [0.25, 0.3) is 0 Å². The molecule has 6 heteroatoms. The maximum absolute atomic E-state index is 12.2. The van der Waals surface area contributed by atoms with Crippen LogP contribution >= 0.6 is 11.6 Å². The molecule has 0 atom stereocenters. The van der Waals surface area contributed by atoms with Crippen LogP contribution in [0, 0.1) is 6.92 Å². The molecule has 19 heavy (non-hydrogen) atoms. The third kappa shape index (κ3) is 3.23. The molecule has 2 N–H and O–H groups in total. The highest BCUT2D eigenvalue weighted by Gasteiger charge is 2.34. The van der Waals surface area contributed by atoms with Crippen molar-refractivity contribution in [2.24, 2.45) is 0 Å². The minimum Gasteiger partial charge on any atom is -0.394 e. The van der Waals surface area contributed by atoms with Gasteiger partial charge in [0.05, 0.1) is 22.7 Å². The summed E-state index contributed by atoms with van der Waals surface area (Å²) in [5.74, 6) is -0.312. The van der Waals surface area contributed by atoms with Gasteiger partial charge < -0.3 is 15.2 Å². The minimum atomic E-state index is -0.621. The number of ether oxygens (including phenoxy) is 1. The van der Waals surface area contributed by atoms with Crippen LogP contribution < -0.4 is 5.32 Å². The van der Waals surface area contributed by atoms with E-state index < -0.39 is 5.54 Å². The van der Waals surface area contributed by atoms with Crippen LogP contribution in [0.15, 0.2) is 12.3 Å². The van der Waals surface area contributed by atoms with Crippen molar-refractivity contribution in [3.8, 4) is 0 Å². The molecule has 1 saturated heterocycles. The molecule has 0 radical (unpaired) electrons. The van der Waals surface area contributed by atoms with Gasteiger partial charge in [-0.05, 0) is 25.8 Å². The Morgan fingerprint density at radius 3 is 2.84 bits per heavy atom. The number of amides is 1. The molecule has 0 spiro atoms. The van der Waals surface area contributed by atoms with Gasteiger partial charge in [0, 0.05) is 25.1 Å². The maximum Gasteiger partial charge on any atom is 0.254 e. The van der Waals surface area contributed by atoms with Crippen molar-refractivity contribution < 1.29 is 14.6 Å². The Morgan fingerprint density at radius 2 is 2.26 bits per heavy atom. The zero-order valence-corrected chi connectivity index (χ0v) is 11.5. The van der Waals surface area contributed by atoms with E-state index in [0.29, 0.717) is 36.6 Å². The Morgan fingerprint density at radius 1 is 1.58 bits per heavy atom. The van der Waals surface area contributed by atoms with E-state index in [0.717, 1.165) is 5.69 Å². The van der Waals surface area contributed by atoms with E-state index in [1.807, 2.05) is 0 Å². The van der Waals surface area contributed by atoms with Gasteiger partial charge in [0.25, 0.3) is 5.91 Å². The Hall–Kier alpha value is -1.17. The normalized spacial score (nSPS) is 18.1. The molecular weight excluding hydrogens is 268 g/mol. The van der Waals surface area contributed by atoms with Gasteiger partial charge in [0.1, 0.15) is 0 Å². The lowest BCUT2D eigenvalue weighted by atomic mass is 9.90. The number of hydrogen-bond donors (Lipinski definition) is 2. The molecule has 1 fully saturated rings. The summed E-state index contributed by atoms with van der Waals surface area (Å²) < 4.78 is 5.25. The van der Waals surface area contributed by atoms with E-state index in [-0.39, 0.29) is 12.5 Å². The smallest absolute Gasteiger partial charge is 0.254 e. The number of rotatable bonds is 3. The number of halogens is 1. The molecule has 1 aromatic rings. The zero-order chi connectivity index (χ0) is 13.9. The monoisotopic (exact) mass is 284 g/mol. The molecule has 1 amide bonds. The summed E-state index contributed by atoms with van der Waals surface area (Å²) in [6, 6.07) is 1.64. The fourth-order valence-electron chi connectivity index (χ4n) is 2.09. The standard InChI is InChI=1S/C13H17ClN2O3/c1-9-6-11(14)10(7-15-9)12(18)16-13(8-17)2-4-19-5-3-13/h6-7,17H,2-5,8H2,1H3,(H,16,18). The Bertz CT molecular complexity index is 473. The van der Waals surface area contributed by atoms with Gasteiger partial charge in [0.2, 0.25) is 0 Å². The molecule has 2 rings (SSSR count). The first-order valence-electron chi connectivity index (χ1n) is 6.20. The van der Waals surface area contributed by atoms with Crippen molar-refractivity contribution in [1.29, 1.82) is 0 Å². The summed E-state index contributed by atoms with van der Waals surface area (Å²) in [6.07, 6.45) is 2.63. The largest absolute Gasteiger partial charge is 0.394 e. The van der Waals surface area contributed by atoms with Crippen LogP contribution in [-0.4, -0.2) is 41.4 Å². The number of aryl methyl sites for hydroxylation is 1. The molecule has 5 nitrogen and oxygen atoms in total. The molecule has 1 aliphatic heterocycles. The average molecular weight is 285 g/mol. The highest BCUT2D eigenvalue weighted by atomic mass is 35.5. The number of hydrogen-bond acceptors (Lipinski definition) is 4. The third-order valence-electron chi connectivity index (χ3n) is 3.37. The summed E-state index contributed by atoms with van der Waals surface area (Å²) in [7, 11) is 0. The number of pyridine rings is 1. The fourth-order valence-corrected chi connectivity index (χ4v) is 2.38. The van der Waals surface area contributed by atoms with Gasteiger partial charge in [-0.1, -0.05) is 11.6 Å². The Kier molecular flexibility index (Phi) is 4.39. The lowest BCUT2D eigenvalue weighted by Crippen LogP contribution is -2.54. The van der Waals surface area contributed by atoms with Gasteiger partial charge in [-0.2, -0.15) is 0 Å². The third-order valence-corrected chi connectivity index (χ3v) is 3.68. The van der Waals surface area contributed by atoms with Crippen molar-refractivity contribution in [3.63, 3.8) is 0 Å². The summed E-state index contributed by atoms with van der Waals surface area (Å²) in [5, 5.41) is 12.8. The summed E-state index contributed by atoms with van der Waals surface area (Å²) in [6.45, 7) is 2.75. The van der Waals surface area contributed by atoms with Gasteiger partial charge in [-0.25, -0.2) is 0 Å². The molecule has 104 valence electrons. The summed E-state index contributed by atoms with van der Waals surface area (Å²) in [4.78, 5) is 16.3. The van der Waals surface area contributed by atoms with Crippen molar-refractivity contribution in [2.45, 2.75) is 25.3 Å². The second kappa shape index (κ2) is 5.86. The van der Waals surface area contributed by atoms with Crippen LogP contribution in [0.5, 0.6) is 0 Å². The van der Waals surface area contributed by atoms with Crippen molar-refractivity contribution in [3.05, 3.63) is 28.5 Å². The van der Waals surface area contributed by atoms with Gasteiger partial charge in [0.15, 0.2) is 0 Å². The molecule has 0 aliphatic carbocycles. The predicted octanol–water partition coefficient (Wildman–Crippen LogP) is 1.31. The predicted molar refractivity (Wildman–Crippen MR) is 71.3 cm³/mol. The summed E-state index contributed by atoms with van der Waals surface area (Å²) >= 11 is 6.04. The molecule has 0 aromatic carbocycles. The molecular formula is C13H17ClN2O3. The zero-order valence-electron chi connectivity index (χ0n) is 10.8. The molecule has 1 aromatic heterocycles. The average Bonchev–Trinajstić information content (AvgIpc) is 2.39. The summed E-state index contributed by atoms with van der Waals surface area (Å²) in [5.41, 5.74) is 0.458. The van der Waals surface area contributed by atoms with Crippen LogP contribution in [0.3, 0.4) is 0 Å².